The fraction of sp³-hybridized carbons (Fsp3) is 0.192. The second-order valence-electron chi connectivity index (χ2n) is 9.44. The first kappa shape index (κ1) is 33.9. The van der Waals surface area contributed by atoms with Crippen molar-refractivity contribution in [1.82, 2.24) is 29.1 Å². The van der Waals surface area contributed by atoms with Crippen molar-refractivity contribution in [2.45, 2.75) is 32.9 Å². The SMILES string of the molecule is Cc1ncc(-c2ccc3ncc4c(=O)n(COP(=O)([O-])[O-])c(=O)n(-c5ccc(C(C)(C)C#N)cc5)c4c3n2)cn1.[Na+].[Na+]. The Morgan fingerprint density at radius 3 is 2.24 bits per heavy atom. The van der Waals surface area contributed by atoms with Gasteiger partial charge in [-0.1, -0.05) is 12.1 Å². The van der Waals surface area contributed by atoms with Crippen LogP contribution < -0.4 is 80.2 Å². The summed E-state index contributed by atoms with van der Waals surface area (Å²) in [7, 11) is -5.51. The molecule has 5 rings (SSSR count). The normalized spacial score (nSPS) is 11.5. The average Bonchev–Trinajstić information content (AvgIpc) is 2.92. The van der Waals surface area contributed by atoms with E-state index >= 15 is 0 Å². The van der Waals surface area contributed by atoms with Crippen molar-refractivity contribution in [3.63, 3.8) is 0 Å². The van der Waals surface area contributed by atoms with E-state index < -0.39 is 31.2 Å². The molecule has 0 fully saturated rings. The Morgan fingerprint density at radius 2 is 1.64 bits per heavy atom. The minimum atomic E-state index is -5.51. The minimum Gasteiger partial charge on any atom is -0.790 e. The molecule has 202 valence electrons. The van der Waals surface area contributed by atoms with Gasteiger partial charge < -0.3 is 18.9 Å². The summed E-state index contributed by atoms with van der Waals surface area (Å²) in [6.07, 6.45) is 4.42. The summed E-state index contributed by atoms with van der Waals surface area (Å²) in [4.78, 5) is 66.8. The van der Waals surface area contributed by atoms with Gasteiger partial charge in [-0.05, 0) is 50.6 Å². The predicted molar refractivity (Wildman–Crippen MR) is 140 cm³/mol. The van der Waals surface area contributed by atoms with Crippen LogP contribution in [0.3, 0.4) is 0 Å². The number of phosphoric ester groups is 1. The molecule has 0 radical (unpaired) electrons. The Balaban J connectivity index is 0.00000242. The molecule has 4 aromatic heterocycles. The van der Waals surface area contributed by atoms with Crippen LogP contribution in [0.5, 0.6) is 0 Å². The molecule has 0 atom stereocenters. The number of benzene rings is 1. The third-order valence-corrected chi connectivity index (χ3v) is 6.79. The van der Waals surface area contributed by atoms with E-state index in [1.807, 2.05) is 0 Å². The predicted octanol–water partition coefficient (Wildman–Crippen LogP) is -4.53. The first-order valence-electron chi connectivity index (χ1n) is 11.8. The third-order valence-electron chi connectivity index (χ3n) is 6.36. The smallest absolute Gasteiger partial charge is 0.790 e. The molecule has 13 nitrogen and oxygen atoms in total. The summed E-state index contributed by atoms with van der Waals surface area (Å²) in [5.41, 5.74) is -0.0261. The van der Waals surface area contributed by atoms with Crippen molar-refractivity contribution in [3.8, 4) is 23.0 Å². The van der Waals surface area contributed by atoms with Gasteiger partial charge in [0.05, 0.1) is 47.1 Å². The molecule has 0 aliphatic heterocycles. The Hall–Kier alpha value is -2.60. The number of fused-ring (bicyclic) bond motifs is 3. The molecule has 0 aliphatic carbocycles. The van der Waals surface area contributed by atoms with E-state index in [0.717, 1.165) is 4.57 Å². The first-order chi connectivity index (χ1) is 18.9. The van der Waals surface area contributed by atoms with Crippen LogP contribution in [0.15, 0.2) is 64.6 Å². The van der Waals surface area contributed by atoms with Gasteiger partial charge in [0.2, 0.25) is 0 Å². The number of phosphoric acid groups is 1. The second-order valence-corrected chi connectivity index (χ2v) is 10.6. The summed E-state index contributed by atoms with van der Waals surface area (Å²) >= 11 is 0. The van der Waals surface area contributed by atoms with Crippen LogP contribution >= 0.6 is 7.82 Å². The van der Waals surface area contributed by atoms with E-state index in [1.165, 1.54) is 6.20 Å². The van der Waals surface area contributed by atoms with Crippen molar-refractivity contribution in [2.24, 2.45) is 0 Å². The zero-order chi connectivity index (χ0) is 28.8. The molecule has 42 heavy (non-hydrogen) atoms. The number of rotatable bonds is 6. The molecule has 5 aromatic rings. The number of pyridine rings is 2. The summed E-state index contributed by atoms with van der Waals surface area (Å²) in [6, 6.07) is 12.1. The van der Waals surface area contributed by atoms with Gasteiger partial charge in [0.1, 0.15) is 18.1 Å². The monoisotopic (exact) mass is 603 g/mol. The van der Waals surface area contributed by atoms with Crippen LogP contribution in [0.1, 0.15) is 25.2 Å². The Bertz CT molecular complexity index is 2000. The van der Waals surface area contributed by atoms with E-state index in [1.54, 1.807) is 69.6 Å². The van der Waals surface area contributed by atoms with Gasteiger partial charge in [-0.2, -0.15) is 5.26 Å². The van der Waals surface area contributed by atoms with Crippen molar-refractivity contribution in [3.05, 3.63) is 87.2 Å². The quantitative estimate of drug-likeness (QED) is 0.103. The molecule has 0 saturated carbocycles. The largest absolute Gasteiger partial charge is 1.00 e. The van der Waals surface area contributed by atoms with E-state index in [0.29, 0.717) is 32.7 Å². The van der Waals surface area contributed by atoms with Gasteiger partial charge in [0, 0.05) is 24.2 Å². The van der Waals surface area contributed by atoms with Crippen LogP contribution in [0.25, 0.3) is 38.9 Å². The topological polar surface area (TPSA) is 192 Å². The van der Waals surface area contributed by atoms with Gasteiger partial charge in [-0.15, -0.1) is 0 Å². The maximum absolute atomic E-state index is 13.7. The van der Waals surface area contributed by atoms with Crippen molar-refractivity contribution >= 4 is 29.8 Å². The molecule has 0 spiro atoms. The van der Waals surface area contributed by atoms with Gasteiger partial charge in [-0.25, -0.2) is 24.3 Å². The van der Waals surface area contributed by atoms with Crippen LogP contribution in [0.4, 0.5) is 0 Å². The minimum absolute atomic E-state index is 0. The molecule has 0 bridgehead atoms. The summed E-state index contributed by atoms with van der Waals surface area (Å²) in [5, 5.41) is 9.43. The van der Waals surface area contributed by atoms with Crippen molar-refractivity contribution < 1.29 is 78.0 Å². The summed E-state index contributed by atoms with van der Waals surface area (Å²) < 4.78 is 17.1. The zero-order valence-corrected chi connectivity index (χ0v) is 28.3. The molecule has 4 heterocycles. The molecular formula is C26H20N7Na2O6P. The number of nitriles is 1. The fourth-order valence-electron chi connectivity index (χ4n) is 4.14. The molecule has 0 amide bonds. The zero-order valence-electron chi connectivity index (χ0n) is 23.4. The summed E-state index contributed by atoms with van der Waals surface area (Å²) in [6.45, 7) is 4.10. The van der Waals surface area contributed by atoms with Gasteiger partial charge in [-0.3, -0.25) is 14.3 Å². The van der Waals surface area contributed by atoms with Gasteiger partial charge in [0.25, 0.3) is 5.56 Å². The average molecular weight is 603 g/mol. The van der Waals surface area contributed by atoms with Crippen molar-refractivity contribution in [2.75, 3.05) is 0 Å². The van der Waals surface area contributed by atoms with Gasteiger partial charge in [0.15, 0.2) is 0 Å². The fourth-order valence-corrected chi connectivity index (χ4v) is 4.40. The molecule has 16 heteroatoms. The van der Waals surface area contributed by atoms with E-state index in [4.69, 9.17) is 0 Å². The second kappa shape index (κ2) is 13.0. The van der Waals surface area contributed by atoms with E-state index in [-0.39, 0.29) is 81.2 Å². The van der Waals surface area contributed by atoms with Crippen LogP contribution in [0.2, 0.25) is 0 Å². The molecular weight excluding hydrogens is 583 g/mol. The summed E-state index contributed by atoms with van der Waals surface area (Å²) in [5.74, 6) is 0.567. The van der Waals surface area contributed by atoms with E-state index in [9.17, 15) is 29.2 Å². The molecule has 0 saturated heterocycles. The number of hydrogen-bond donors (Lipinski definition) is 0. The molecule has 1 aromatic carbocycles. The Morgan fingerprint density at radius 1 is 1.00 bits per heavy atom. The standard InChI is InChI=1S/C26H22N7O6P.2Na/c1-15-28-10-16(11-29-15)20-8-9-21-22(31-20)23-19(12-30-21)24(34)32(14-39-40(36,37)38)25(35)33(23)18-6-4-17(5-7-18)26(2,3)13-27;;/h4-12H,14H2,1-3H3,(H2,36,37,38);;/q;2*+1/p-2. The van der Waals surface area contributed by atoms with Crippen molar-refractivity contribution in [1.29, 1.82) is 5.26 Å². The van der Waals surface area contributed by atoms with Crippen LogP contribution in [-0.2, 0) is 21.2 Å². The maximum Gasteiger partial charge on any atom is 1.00 e. The van der Waals surface area contributed by atoms with Gasteiger partial charge >= 0.3 is 64.8 Å². The number of hydrogen-bond acceptors (Lipinski definition) is 11. The number of aryl methyl sites for hydroxylation is 1. The first-order valence-corrected chi connectivity index (χ1v) is 13.3. The Labute approximate surface area is 283 Å². The third kappa shape index (κ3) is 6.64. The number of nitrogens with zero attached hydrogens (tertiary/aromatic N) is 7. The number of aromatic nitrogens is 6. The Kier molecular flexibility index (Phi) is 10.5. The maximum atomic E-state index is 13.7. The molecule has 0 N–H and O–H groups in total. The molecule has 0 aliphatic rings. The van der Waals surface area contributed by atoms with Crippen LogP contribution in [-0.4, -0.2) is 29.1 Å². The molecule has 0 unspecified atom stereocenters. The van der Waals surface area contributed by atoms with E-state index in [2.05, 4.69) is 30.5 Å². The van der Waals surface area contributed by atoms with Crippen LogP contribution in [0, 0.1) is 18.3 Å².